The molecule has 0 aromatic heterocycles. The lowest BCUT2D eigenvalue weighted by Gasteiger charge is -2.05. The summed E-state index contributed by atoms with van der Waals surface area (Å²) >= 11 is 0. The van der Waals surface area contributed by atoms with Gasteiger partial charge in [0.1, 0.15) is 6.73 Å². The Morgan fingerprint density at radius 1 is 1.40 bits per heavy atom. The SMILES string of the molecule is CC(=O)Nc1cccc(C(=O)NCO)c1. The molecule has 0 saturated heterocycles. The van der Waals surface area contributed by atoms with Gasteiger partial charge in [0, 0.05) is 18.2 Å². The number of rotatable bonds is 3. The maximum absolute atomic E-state index is 11.3. The van der Waals surface area contributed by atoms with Crippen LogP contribution in [0.2, 0.25) is 0 Å². The number of hydrogen-bond donors (Lipinski definition) is 3. The number of anilines is 1. The molecule has 1 aromatic rings. The van der Waals surface area contributed by atoms with Crippen LogP contribution in [-0.2, 0) is 4.79 Å². The van der Waals surface area contributed by atoms with Crippen LogP contribution in [0.25, 0.3) is 0 Å². The molecule has 80 valence electrons. The highest BCUT2D eigenvalue weighted by molar-refractivity contribution is 5.96. The van der Waals surface area contributed by atoms with Crippen molar-refractivity contribution < 1.29 is 14.7 Å². The summed E-state index contributed by atoms with van der Waals surface area (Å²) in [7, 11) is 0. The lowest BCUT2D eigenvalue weighted by atomic mass is 10.2. The van der Waals surface area contributed by atoms with Crippen LogP contribution < -0.4 is 10.6 Å². The molecule has 0 radical (unpaired) electrons. The number of aliphatic hydroxyl groups excluding tert-OH is 1. The van der Waals surface area contributed by atoms with E-state index >= 15 is 0 Å². The summed E-state index contributed by atoms with van der Waals surface area (Å²) in [6.07, 6.45) is 0. The number of benzene rings is 1. The van der Waals surface area contributed by atoms with Gasteiger partial charge < -0.3 is 15.7 Å². The molecule has 0 saturated carbocycles. The molecule has 0 heterocycles. The minimum atomic E-state index is -0.413. The fraction of sp³-hybridized carbons (Fsp3) is 0.200. The fourth-order valence-electron chi connectivity index (χ4n) is 1.12. The van der Waals surface area contributed by atoms with Crippen molar-refractivity contribution in [3.63, 3.8) is 0 Å². The topological polar surface area (TPSA) is 78.4 Å². The highest BCUT2D eigenvalue weighted by atomic mass is 16.3. The van der Waals surface area contributed by atoms with Gasteiger partial charge in [-0.15, -0.1) is 0 Å². The zero-order valence-corrected chi connectivity index (χ0v) is 8.28. The molecule has 0 bridgehead atoms. The van der Waals surface area contributed by atoms with E-state index in [9.17, 15) is 9.59 Å². The molecular weight excluding hydrogens is 196 g/mol. The van der Waals surface area contributed by atoms with E-state index in [-0.39, 0.29) is 11.8 Å². The van der Waals surface area contributed by atoms with Crippen molar-refractivity contribution in [3.05, 3.63) is 29.8 Å². The number of amides is 2. The Morgan fingerprint density at radius 2 is 2.13 bits per heavy atom. The van der Waals surface area contributed by atoms with Gasteiger partial charge in [-0.2, -0.15) is 0 Å². The monoisotopic (exact) mass is 208 g/mol. The average Bonchev–Trinajstić information content (AvgIpc) is 2.17. The van der Waals surface area contributed by atoms with Crippen LogP contribution in [0.15, 0.2) is 24.3 Å². The first kappa shape index (κ1) is 11.2. The van der Waals surface area contributed by atoms with Gasteiger partial charge in [0.2, 0.25) is 5.91 Å². The Balaban J connectivity index is 2.82. The summed E-state index contributed by atoms with van der Waals surface area (Å²) < 4.78 is 0. The molecule has 5 nitrogen and oxygen atoms in total. The zero-order chi connectivity index (χ0) is 11.3. The third kappa shape index (κ3) is 3.40. The summed E-state index contributed by atoms with van der Waals surface area (Å²) in [6.45, 7) is 0.976. The number of nitrogens with one attached hydrogen (secondary N) is 2. The lowest BCUT2D eigenvalue weighted by molar-refractivity contribution is -0.114. The summed E-state index contributed by atoms with van der Waals surface area (Å²) in [5.74, 6) is -0.584. The van der Waals surface area contributed by atoms with Crippen LogP contribution in [0, 0.1) is 0 Å². The summed E-state index contributed by atoms with van der Waals surface area (Å²) in [5, 5.41) is 13.3. The molecule has 15 heavy (non-hydrogen) atoms. The number of carbonyl (C=O) groups is 2. The number of carbonyl (C=O) groups excluding carboxylic acids is 2. The van der Waals surface area contributed by atoms with Crippen LogP contribution in [0.5, 0.6) is 0 Å². The predicted octanol–water partition coefficient (Wildman–Crippen LogP) is 0.325. The first-order valence-corrected chi connectivity index (χ1v) is 4.40. The molecule has 0 aliphatic heterocycles. The quantitative estimate of drug-likeness (QED) is 0.626. The molecule has 0 spiro atoms. The highest BCUT2D eigenvalue weighted by Crippen LogP contribution is 2.10. The Bertz CT molecular complexity index is 377. The van der Waals surface area contributed by atoms with E-state index in [1.165, 1.54) is 13.0 Å². The molecule has 0 aliphatic rings. The number of hydrogen-bond acceptors (Lipinski definition) is 3. The lowest BCUT2D eigenvalue weighted by Crippen LogP contribution is -2.24. The molecule has 0 aliphatic carbocycles. The van der Waals surface area contributed by atoms with Crippen LogP contribution >= 0.6 is 0 Å². The van der Waals surface area contributed by atoms with Crippen LogP contribution in [-0.4, -0.2) is 23.7 Å². The van der Waals surface area contributed by atoms with E-state index in [1.54, 1.807) is 18.2 Å². The molecule has 1 aromatic carbocycles. The van der Waals surface area contributed by atoms with Gasteiger partial charge in [0.25, 0.3) is 5.91 Å². The van der Waals surface area contributed by atoms with Gasteiger partial charge >= 0.3 is 0 Å². The number of aliphatic hydroxyl groups is 1. The van der Waals surface area contributed by atoms with E-state index in [0.717, 1.165) is 0 Å². The third-order valence-electron chi connectivity index (χ3n) is 1.68. The largest absolute Gasteiger partial charge is 0.376 e. The Hall–Kier alpha value is -1.88. The predicted molar refractivity (Wildman–Crippen MR) is 55.3 cm³/mol. The Labute approximate surface area is 87.1 Å². The zero-order valence-electron chi connectivity index (χ0n) is 8.28. The smallest absolute Gasteiger partial charge is 0.253 e. The maximum Gasteiger partial charge on any atom is 0.253 e. The molecular formula is C10H12N2O3. The van der Waals surface area contributed by atoms with Gasteiger partial charge in [0.05, 0.1) is 0 Å². The first-order chi connectivity index (χ1) is 7.13. The third-order valence-corrected chi connectivity index (χ3v) is 1.68. The molecule has 0 unspecified atom stereocenters. The van der Waals surface area contributed by atoms with Crippen LogP contribution in [0.1, 0.15) is 17.3 Å². The van der Waals surface area contributed by atoms with Crippen molar-refractivity contribution >= 4 is 17.5 Å². The van der Waals surface area contributed by atoms with Crippen molar-refractivity contribution in [3.8, 4) is 0 Å². The molecule has 5 heteroatoms. The van der Waals surface area contributed by atoms with Gasteiger partial charge in [0.15, 0.2) is 0 Å². The van der Waals surface area contributed by atoms with E-state index in [4.69, 9.17) is 5.11 Å². The van der Waals surface area contributed by atoms with Crippen molar-refractivity contribution in [2.45, 2.75) is 6.92 Å². The summed E-state index contributed by atoms with van der Waals surface area (Å²) in [6, 6.07) is 6.46. The van der Waals surface area contributed by atoms with Gasteiger partial charge in [-0.1, -0.05) is 6.07 Å². The van der Waals surface area contributed by atoms with E-state index < -0.39 is 6.73 Å². The van der Waals surface area contributed by atoms with Gasteiger partial charge in [-0.25, -0.2) is 0 Å². The molecule has 0 fully saturated rings. The molecule has 1 rings (SSSR count). The van der Waals surface area contributed by atoms with Gasteiger partial charge in [-0.05, 0) is 18.2 Å². The van der Waals surface area contributed by atoms with Crippen molar-refractivity contribution in [2.75, 3.05) is 12.0 Å². The standard InChI is InChI=1S/C10H12N2O3/c1-7(14)12-9-4-2-3-8(5-9)10(15)11-6-13/h2-5,13H,6H2,1H3,(H,11,15)(H,12,14). The second-order valence-electron chi connectivity index (χ2n) is 2.93. The minimum absolute atomic E-state index is 0.199. The van der Waals surface area contributed by atoms with Crippen LogP contribution in [0.3, 0.4) is 0 Å². The van der Waals surface area contributed by atoms with E-state index in [2.05, 4.69) is 10.6 Å². The van der Waals surface area contributed by atoms with Crippen molar-refractivity contribution in [1.29, 1.82) is 0 Å². The average molecular weight is 208 g/mol. The molecule has 2 amide bonds. The highest BCUT2D eigenvalue weighted by Gasteiger charge is 2.05. The van der Waals surface area contributed by atoms with E-state index in [1.807, 2.05) is 0 Å². The fourth-order valence-corrected chi connectivity index (χ4v) is 1.12. The molecule has 3 N–H and O–H groups in total. The van der Waals surface area contributed by atoms with Crippen molar-refractivity contribution in [1.82, 2.24) is 5.32 Å². The summed E-state index contributed by atoms with van der Waals surface area (Å²) in [5.41, 5.74) is 0.934. The second-order valence-corrected chi connectivity index (χ2v) is 2.93. The Morgan fingerprint density at radius 3 is 2.73 bits per heavy atom. The summed E-state index contributed by atoms with van der Waals surface area (Å²) in [4.78, 5) is 22.1. The minimum Gasteiger partial charge on any atom is -0.376 e. The van der Waals surface area contributed by atoms with E-state index in [0.29, 0.717) is 11.3 Å². The van der Waals surface area contributed by atoms with Crippen molar-refractivity contribution in [2.24, 2.45) is 0 Å². The second kappa shape index (κ2) is 5.11. The Kier molecular flexibility index (Phi) is 3.82. The van der Waals surface area contributed by atoms with Crippen LogP contribution in [0.4, 0.5) is 5.69 Å². The van der Waals surface area contributed by atoms with Gasteiger partial charge in [-0.3, -0.25) is 9.59 Å². The maximum atomic E-state index is 11.3. The molecule has 0 atom stereocenters. The first-order valence-electron chi connectivity index (χ1n) is 4.40. The normalized spacial score (nSPS) is 9.47.